The van der Waals surface area contributed by atoms with Gasteiger partial charge in [-0.05, 0) is 61.8 Å². The van der Waals surface area contributed by atoms with E-state index < -0.39 is 0 Å². The van der Waals surface area contributed by atoms with E-state index in [4.69, 9.17) is 4.74 Å². The highest BCUT2D eigenvalue weighted by atomic mass is 16.5. The molecule has 0 atom stereocenters. The van der Waals surface area contributed by atoms with E-state index in [1.807, 2.05) is 42.5 Å². The molecular formula is C27H30N2O2. The Hall–Kier alpha value is -2.95. The number of nitrogens with zero attached hydrogens (tertiary/aromatic N) is 2. The first-order chi connectivity index (χ1) is 15.2. The summed E-state index contributed by atoms with van der Waals surface area (Å²) >= 11 is 0. The fourth-order valence-electron chi connectivity index (χ4n) is 3.99. The van der Waals surface area contributed by atoms with Crippen LogP contribution in [0.3, 0.4) is 0 Å². The molecule has 0 bridgehead atoms. The average Bonchev–Trinajstić information content (AvgIpc) is 3.01. The summed E-state index contributed by atoms with van der Waals surface area (Å²) < 4.78 is 5.90. The highest BCUT2D eigenvalue weighted by Crippen LogP contribution is 2.22. The molecule has 0 unspecified atom stereocenters. The number of carbonyl (C=O) groups excluding carboxylic acids is 1. The number of ether oxygens (including phenoxy) is 1. The van der Waals surface area contributed by atoms with E-state index in [9.17, 15) is 4.79 Å². The minimum atomic E-state index is 0.122. The van der Waals surface area contributed by atoms with Crippen LogP contribution in [0.5, 0.6) is 11.5 Å². The van der Waals surface area contributed by atoms with Gasteiger partial charge in [-0.15, -0.1) is 0 Å². The zero-order valence-electron chi connectivity index (χ0n) is 18.2. The van der Waals surface area contributed by atoms with Gasteiger partial charge in [0.05, 0.1) is 0 Å². The first-order valence-corrected chi connectivity index (χ1v) is 11.0. The minimum Gasteiger partial charge on any atom is -0.457 e. The molecule has 1 saturated heterocycles. The molecule has 0 spiro atoms. The Kier molecular flexibility index (Phi) is 7.13. The molecule has 0 aromatic heterocycles. The van der Waals surface area contributed by atoms with Crippen LogP contribution in [0, 0.1) is 0 Å². The van der Waals surface area contributed by atoms with E-state index in [-0.39, 0.29) is 5.78 Å². The number of benzene rings is 3. The Morgan fingerprint density at radius 2 is 1.23 bits per heavy atom. The van der Waals surface area contributed by atoms with E-state index in [1.165, 1.54) is 17.5 Å². The molecule has 4 heteroatoms. The summed E-state index contributed by atoms with van der Waals surface area (Å²) in [5, 5.41) is 0. The molecule has 1 aliphatic heterocycles. The fraction of sp³-hybridized carbons (Fsp3) is 0.296. The Bertz CT molecular complexity index is 968. The molecule has 1 fully saturated rings. The van der Waals surface area contributed by atoms with E-state index in [2.05, 4.69) is 46.2 Å². The molecule has 0 N–H and O–H groups in total. The van der Waals surface area contributed by atoms with Crippen LogP contribution in [0.25, 0.3) is 0 Å². The third-order valence-corrected chi connectivity index (χ3v) is 5.76. The van der Waals surface area contributed by atoms with Crippen LogP contribution >= 0.6 is 0 Å². The van der Waals surface area contributed by atoms with Gasteiger partial charge in [-0.1, -0.05) is 54.6 Å². The van der Waals surface area contributed by atoms with Gasteiger partial charge in [0.15, 0.2) is 5.78 Å². The summed E-state index contributed by atoms with van der Waals surface area (Å²) in [6, 6.07) is 26.4. The number of ketones is 1. The molecule has 4 rings (SSSR count). The van der Waals surface area contributed by atoms with Crippen molar-refractivity contribution in [1.29, 1.82) is 0 Å². The predicted octanol–water partition coefficient (Wildman–Crippen LogP) is 5.39. The maximum atomic E-state index is 11.5. The third-order valence-electron chi connectivity index (χ3n) is 5.76. The molecule has 0 saturated carbocycles. The summed E-state index contributed by atoms with van der Waals surface area (Å²) in [4.78, 5) is 16.5. The molecular weight excluding hydrogens is 384 g/mol. The number of Topliss-reactive ketones (excluding diaryl/α,β-unsaturated/α-hetero) is 1. The largest absolute Gasteiger partial charge is 0.457 e. The molecule has 1 heterocycles. The highest BCUT2D eigenvalue weighted by molar-refractivity contribution is 5.93. The van der Waals surface area contributed by atoms with Crippen LogP contribution < -0.4 is 4.74 Å². The van der Waals surface area contributed by atoms with Crippen molar-refractivity contribution < 1.29 is 9.53 Å². The quantitative estimate of drug-likeness (QED) is 0.485. The summed E-state index contributed by atoms with van der Waals surface area (Å²) in [5.41, 5.74) is 3.37. The second-order valence-corrected chi connectivity index (χ2v) is 8.22. The lowest BCUT2D eigenvalue weighted by Gasteiger charge is -2.22. The number of carbonyl (C=O) groups is 1. The maximum Gasteiger partial charge on any atom is 0.159 e. The van der Waals surface area contributed by atoms with Gasteiger partial charge in [-0.3, -0.25) is 14.6 Å². The van der Waals surface area contributed by atoms with Crippen LogP contribution in [-0.2, 0) is 13.1 Å². The lowest BCUT2D eigenvalue weighted by atomic mass is 10.1. The van der Waals surface area contributed by atoms with Crippen molar-refractivity contribution in [3.8, 4) is 11.5 Å². The molecule has 3 aromatic carbocycles. The number of hydrogen-bond acceptors (Lipinski definition) is 4. The first kappa shape index (κ1) is 21.3. The average molecular weight is 415 g/mol. The van der Waals surface area contributed by atoms with Gasteiger partial charge in [-0.25, -0.2) is 0 Å². The van der Waals surface area contributed by atoms with Crippen LogP contribution in [0.15, 0.2) is 78.9 Å². The topological polar surface area (TPSA) is 32.8 Å². The van der Waals surface area contributed by atoms with Crippen molar-refractivity contribution in [3.05, 3.63) is 95.6 Å². The van der Waals surface area contributed by atoms with E-state index >= 15 is 0 Å². The van der Waals surface area contributed by atoms with Gasteiger partial charge in [0.25, 0.3) is 0 Å². The number of rotatable bonds is 7. The molecule has 0 amide bonds. The molecule has 0 aliphatic carbocycles. The monoisotopic (exact) mass is 414 g/mol. The molecule has 4 nitrogen and oxygen atoms in total. The second kappa shape index (κ2) is 10.4. The van der Waals surface area contributed by atoms with E-state index in [0.29, 0.717) is 0 Å². The normalized spacial score (nSPS) is 15.4. The van der Waals surface area contributed by atoms with Gasteiger partial charge in [0.1, 0.15) is 11.5 Å². The van der Waals surface area contributed by atoms with Crippen molar-refractivity contribution in [1.82, 2.24) is 9.80 Å². The lowest BCUT2D eigenvalue weighted by molar-refractivity contribution is 0.101. The zero-order chi connectivity index (χ0) is 21.5. The molecule has 160 valence electrons. The van der Waals surface area contributed by atoms with Crippen molar-refractivity contribution in [3.63, 3.8) is 0 Å². The summed E-state index contributed by atoms with van der Waals surface area (Å²) in [7, 11) is 0. The SMILES string of the molecule is CC(=O)c1ccc(CN2CCCN(Cc3ccc(Oc4ccccc4)cc3)CC2)cc1. The van der Waals surface area contributed by atoms with Crippen LogP contribution in [0.4, 0.5) is 0 Å². The minimum absolute atomic E-state index is 0.122. The number of hydrogen-bond donors (Lipinski definition) is 0. The second-order valence-electron chi connectivity index (χ2n) is 8.22. The molecule has 31 heavy (non-hydrogen) atoms. The standard InChI is InChI=1S/C27H30N2O2/c1-22(30)25-12-8-23(9-13-25)20-28-16-5-17-29(19-18-28)21-24-10-14-27(15-11-24)31-26-6-3-2-4-7-26/h2-4,6-15H,5,16-21H2,1H3. The van der Waals surface area contributed by atoms with Crippen molar-refractivity contribution >= 4 is 5.78 Å². The lowest BCUT2D eigenvalue weighted by Crippen LogP contribution is -2.30. The van der Waals surface area contributed by atoms with Crippen molar-refractivity contribution in [2.45, 2.75) is 26.4 Å². The van der Waals surface area contributed by atoms with Crippen LogP contribution in [-0.4, -0.2) is 41.8 Å². The van der Waals surface area contributed by atoms with Gasteiger partial charge in [0, 0.05) is 31.7 Å². The highest BCUT2D eigenvalue weighted by Gasteiger charge is 2.15. The van der Waals surface area contributed by atoms with E-state index in [1.54, 1.807) is 6.92 Å². The first-order valence-electron chi connectivity index (χ1n) is 11.0. The fourth-order valence-corrected chi connectivity index (χ4v) is 3.99. The smallest absolute Gasteiger partial charge is 0.159 e. The van der Waals surface area contributed by atoms with Crippen molar-refractivity contribution in [2.24, 2.45) is 0 Å². The summed E-state index contributed by atoms with van der Waals surface area (Å²) in [6.45, 7) is 7.86. The van der Waals surface area contributed by atoms with Gasteiger partial charge in [-0.2, -0.15) is 0 Å². The van der Waals surface area contributed by atoms with Gasteiger partial charge >= 0.3 is 0 Å². The maximum absolute atomic E-state index is 11.5. The molecule has 0 radical (unpaired) electrons. The Balaban J connectivity index is 1.27. The zero-order valence-corrected chi connectivity index (χ0v) is 18.2. The number of para-hydroxylation sites is 1. The van der Waals surface area contributed by atoms with Gasteiger partial charge < -0.3 is 4.74 Å². The Morgan fingerprint density at radius 1 is 0.710 bits per heavy atom. The van der Waals surface area contributed by atoms with Gasteiger partial charge in [0.2, 0.25) is 0 Å². The molecule has 3 aromatic rings. The van der Waals surface area contributed by atoms with E-state index in [0.717, 1.165) is 56.3 Å². The third kappa shape index (κ3) is 6.27. The molecule has 1 aliphatic rings. The van der Waals surface area contributed by atoms with Crippen LogP contribution in [0.2, 0.25) is 0 Å². The summed E-state index contributed by atoms with van der Waals surface area (Å²) in [6.07, 6.45) is 1.17. The Labute approximate surface area is 185 Å². The Morgan fingerprint density at radius 3 is 1.77 bits per heavy atom. The van der Waals surface area contributed by atoms with Crippen molar-refractivity contribution in [2.75, 3.05) is 26.2 Å². The summed E-state index contributed by atoms with van der Waals surface area (Å²) in [5.74, 6) is 1.85. The van der Waals surface area contributed by atoms with Crippen LogP contribution in [0.1, 0.15) is 34.8 Å². The predicted molar refractivity (Wildman–Crippen MR) is 125 cm³/mol.